The van der Waals surface area contributed by atoms with E-state index in [1.54, 1.807) is 18.8 Å². The molecule has 0 radical (unpaired) electrons. The molecule has 2 unspecified atom stereocenters. The molecule has 16 nitrogen and oxygen atoms in total. The van der Waals surface area contributed by atoms with Crippen LogP contribution in [0.2, 0.25) is 0 Å². The molecule has 2 aromatic heterocycles. The standard InChI is InChI=1S/C58H69N6O10P/c1-38(2)64(39(3)4)75(72-34-16-32-59)74-51-40(5)54(73-50(51)37-71-58(42-17-10-9-11-18-42,43-21-25-45(69-7)26-22-43)44-23-27-46(70-8)28-24-44)63-36-48(53(66)61-56(63)68)52(65)60-33-29-41-35-62(49-20-13-12-19-47(41)49)55(67)57(6)30-14-15-31-57/h9-13,17-28,35-36,38-40,50-51,54H,14-16,29-31,33-34,37H2,1-8H3,(H,60,65)(H,61,66,68)/t40-,50+,51?,54+,75?/m0/s1. The Kier molecular flexibility index (Phi) is 17.6. The molecular formula is C58H69N6O10P. The van der Waals surface area contributed by atoms with Crippen LogP contribution in [0.3, 0.4) is 0 Å². The third kappa shape index (κ3) is 11.5. The molecule has 1 aliphatic heterocycles. The highest BCUT2D eigenvalue weighted by atomic mass is 31.2. The summed E-state index contributed by atoms with van der Waals surface area (Å²) in [7, 11) is 1.39. The molecule has 75 heavy (non-hydrogen) atoms. The van der Waals surface area contributed by atoms with Gasteiger partial charge in [-0.1, -0.05) is 99.5 Å². The van der Waals surface area contributed by atoms with Crippen molar-refractivity contribution in [2.75, 3.05) is 34.0 Å². The van der Waals surface area contributed by atoms with Gasteiger partial charge < -0.3 is 33.3 Å². The van der Waals surface area contributed by atoms with Crippen molar-refractivity contribution in [2.45, 2.75) is 116 Å². The number of H-pyrrole nitrogens is 1. The Morgan fingerprint density at radius 3 is 2.08 bits per heavy atom. The Morgan fingerprint density at radius 1 is 0.880 bits per heavy atom. The van der Waals surface area contributed by atoms with Gasteiger partial charge in [-0.15, -0.1) is 0 Å². The van der Waals surface area contributed by atoms with Crippen molar-refractivity contribution in [3.05, 3.63) is 164 Å². The maximum absolute atomic E-state index is 14.1. The first-order chi connectivity index (χ1) is 36.1. The van der Waals surface area contributed by atoms with E-state index in [2.05, 4.69) is 21.0 Å². The van der Waals surface area contributed by atoms with Crippen LogP contribution < -0.4 is 26.0 Å². The van der Waals surface area contributed by atoms with E-state index in [1.807, 2.05) is 151 Å². The molecule has 0 bridgehead atoms. The molecule has 1 saturated carbocycles. The second-order valence-corrected chi connectivity index (χ2v) is 21.6. The Labute approximate surface area is 439 Å². The Bertz CT molecular complexity index is 3010. The fourth-order valence-electron chi connectivity index (χ4n) is 10.7. The predicted molar refractivity (Wildman–Crippen MR) is 288 cm³/mol. The minimum atomic E-state index is -1.83. The summed E-state index contributed by atoms with van der Waals surface area (Å²) in [6.07, 6.45) is 4.60. The number of nitrogens with zero attached hydrogens (tertiary/aromatic N) is 4. The van der Waals surface area contributed by atoms with Gasteiger partial charge in [0.2, 0.25) is 5.91 Å². The number of hydrogen-bond donors (Lipinski definition) is 2. The first-order valence-corrected chi connectivity index (χ1v) is 26.9. The zero-order chi connectivity index (χ0) is 53.4. The van der Waals surface area contributed by atoms with Crippen molar-refractivity contribution >= 4 is 31.2 Å². The SMILES string of the molecule is COc1ccc(C(OC[C@H]2O[C@@H](n3cc(C(=O)NCCc4cn(C(=O)C5(C)CCCC5)c5ccccc45)c(=O)[nH]c3=O)[C@@H](C)C2OP(OCCC#N)N(C(C)C)C(C)C)(c2ccccc2)c2ccc(OC)cc2)cc1. The van der Waals surface area contributed by atoms with Crippen LogP contribution in [0, 0.1) is 22.7 Å². The average Bonchev–Trinajstić information content (AvgIpc) is 4.12. The number of carbonyl (C=O) groups is 2. The summed E-state index contributed by atoms with van der Waals surface area (Å²) in [4.78, 5) is 57.9. The predicted octanol–water partition coefficient (Wildman–Crippen LogP) is 9.90. The molecular weight excluding hydrogens is 972 g/mol. The lowest BCUT2D eigenvalue weighted by Gasteiger charge is -2.39. The zero-order valence-corrected chi connectivity index (χ0v) is 45.0. The number of nitrogens with one attached hydrogen (secondary N) is 2. The fourth-order valence-corrected chi connectivity index (χ4v) is 12.5. The number of ether oxygens (including phenoxy) is 4. The normalized spacial score (nSPS) is 18.9. The molecule has 2 aliphatic rings. The number of nitriles is 1. The maximum Gasteiger partial charge on any atom is 0.330 e. The highest BCUT2D eigenvalue weighted by Gasteiger charge is 2.49. The summed E-state index contributed by atoms with van der Waals surface area (Å²) in [5.41, 5.74) is 0.483. The van der Waals surface area contributed by atoms with E-state index in [9.17, 15) is 24.4 Å². The number of carbonyl (C=O) groups excluding carboxylic acids is 2. The topological polar surface area (TPSA) is 188 Å². The lowest BCUT2D eigenvalue weighted by molar-refractivity contribution is -0.0931. The summed E-state index contributed by atoms with van der Waals surface area (Å²) < 4.78 is 44.1. The van der Waals surface area contributed by atoms with Gasteiger partial charge in [0.25, 0.3) is 20.0 Å². The summed E-state index contributed by atoms with van der Waals surface area (Å²) in [6.45, 7) is 12.3. The number of fused-ring (bicyclic) bond motifs is 1. The van der Waals surface area contributed by atoms with Crippen molar-refractivity contribution in [1.82, 2.24) is 24.1 Å². The smallest absolute Gasteiger partial charge is 0.330 e. The van der Waals surface area contributed by atoms with E-state index in [0.29, 0.717) is 17.9 Å². The van der Waals surface area contributed by atoms with Gasteiger partial charge in [0, 0.05) is 47.7 Å². The maximum atomic E-state index is 14.1. The molecule has 0 spiro atoms. The van der Waals surface area contributed by atoms with Crippen LogP contribution in [0.1, 0.15) is 117 Å². The third-order valence-corrected chi connectivity index (χ3v) is 16.7. The van der Waals surface area contributed by atoms with Gasteiger partial charge in [-0.3, -0.25) is 28.5 Å². The van der Waals surface area contributed by atoms with Gasteiger partial charge in [-0.25, -0.2) is 9.46 Å². The van der Waals surface area contributed by atoms with Crippen LogP contribution in [-0.2, 0) is 30.5 Å². The second-order valence-electron chi connectivity index (χ2n) is 20.2. The second kappa shape index (κ2) is 24.0. The van der Waals surface area contributed by atoms with E-state index in [4.69, 9.17) is 28.0 Å². The van der Waals surface area contributed by atoms with E-state index in [-0.39, 0.29) is 49.7 Å². The van der Waals surface area contributed by atoms with Crippen LogP contribution in [0.4, 0.5) is 0 Å². The number of hydrogen-bond acceptors (Lipinski definition) is 12. The first kappa shape index (κ1) is 54.8. The lowest BCUT2D eigenvalue weighted by Crippen LogP contribution is -2.41. The monoisotopic (exact) mass is 1040 g/mol. The molecule has 8 rings (SSSR count). The number of methoxy groups -OCH3 is 2. The van der Waals surface area contributed by atoms with Crippen molar-refractivity contribution in [3.8, 4) is 17.6 Å². The first-order valence-electron chi connectivity index (χ1n) is 25.8. The van der Waals surface area contributed by atoms with Crippen molar-refractivity contribution in [3.63, 3.8) is 0 Å². The molecule has 6 aromatic rings. The van der Waals surface area contributed by atoms with E-state index < -0.39 is 61.1 Å². The van der Waals surface area contributed by atoms with Crippen molar-refractivity contribution in [2.24, 2.45) is 11.3 Å². The Balaban J connectivity index is 1.13. The van der Waals surface area contributed by atoms with Crippen LogP contribution in [0.5, 0.6) is 11.5 Å². The van der Waals surface area contributed by atoms with Gasteiger partial charge in [0.05, 0.1) is 45.4 Å². The summed E-state index contributed by atoms with van der Waals surface area (Å²) in [5, 5.41) is 13.3. The molecule has 4 aromatic carbocycles. The van der Waals surface area contributed by atoms with Crippen LogP contribution in [-0.4, -0.2) is 88.9 Å². The van der Waals surface area contributed by atoms with Gasteiger partial charge in [0.15, 0.2) is 0 Å². The summed E-state index contributed by atoms with van der Waals surface area (Å²) >= 11 is 0. The molecule has 2 fully saturated rings. The molecule has 2 N–H and O–H groups in total. The molecule has 3 heterocycles. The molecule has 1 aliphatic carbocycles. The third-order valence-electron chi connectivity index (χ3n) is 14.6. The van der Waals surface area contributed by atoms with Crippen LogP contribution >= 0.6 is 8.53 Å². The Hall–Kier alpha value is -6.44. The van der Waals surface area contributed by atoms with E-state index in [1.165, 1.54) is 10.8 Å². The minimum absolute atomic E-state index is 0.0263. The van der Waals surface area contributed by atoms with E-state index in [0.717, 1.165) is 58.8 Å². The van der Waals surface area contributed by atoms with Crippen LogP contribution in [0.25, 0.3) is 10.9 Å². The van der Waals surface area contributed by atoms with Crippen molar-refractivity contribution in [1.29, 1.82) is 5.26 Å². The van der Waals surface area contributed by atoms with Gasteiger partial charge in [-0.2, -0.15) is 5.26 Å². The number of aromatic nitrogens is 3. The summed E-state index contributed by atoms with van der Waals surface area (Å²) in [5.74, 6) is 0.0917. The number of rotatable bonds is 22. The minimum Gasteiger partial charge on any atom is -0.497 e. The number of amides is 1. The van der Waals surface area contributed by atoms with Crippen LogP contribution in [0.15, 0.2) is 125 Å². The molecule has 1 amide bonds. The highest BCUT2D eigenvalue weighted by molar-refractivity contribution is 7.44. The molecule has 17 heteroatoms. The quantitative estimate of drug-likeness (QED) is 0.0373. The number of para-hydroxylation sites is 1. The number of aromatic amines is 1. The van der Waals surface area contributed by atoms with Gasteiger partial charge in [0.1, 0.15) is 41.1 Å². The lowest BCUT2D eigenvalue weighted by atomic mass is 9.80. The van der Waals surface area contributed by atoms with Gasteiger partial charge in [-0.05, 0) is 99.5 Å². The van der Waals surface area contributed by atoms with Crippen molar-refractivity contribution < 1.29 is 37.6 Å². The zero-order valence-electron chi connectivity index (χ0n) is 44.1. The summed E-state index contributed by atoms with van der Waals surface area (Å²) in [6, 6.07) is 35.0. The average molecular weight is 1040 g/mol. The largest absolute Gasteiger partial charge is 0.497 e. The van der Waals surface area contributed by atoms with E-state index >= 15 is 0 Å². The molecule has 5 atom stereocenters. The highest BCUT2D eigenvalue weighted by Crippen LogP contribution is 2.52. The molecule has 396 valence electrons. The van der Waals surface area contributed by atoms with Gasteiger partial charge >= 0.3 is 5.69 Å². The fraction of sp³-hybridized carbons (Fsp3) is 0.431. The Morgan fingerprint density at radius 2 is 1.48 bits per heavy atom. The number of benzene rings is 4. The molecule has 1 saturated heterocycles.